The normalized spacial score (nSPS) is 11.2. The van der Waals surface area contributed by atoms with E-state index >= 15 is 0 Å². The van der Waals surface area contributed by atoms with Crippen LogP contribution in [0.1, 0.15) is 11.5 Å². The van der Waals surface area contributed by atoms with Crippen LogP contribution in [-0.2, 0) is 6.54 Å². The van der Waals surface area contributed by atoms with Gasteiger partial charge in [-0.15, -0.1) is 11.3 Å². The van der Waals surface area contributed by atoms with E-state index < -0.39 is 5.69 Å². The van der Waals surface area contributed by atoms with Crippen molar-refractivity contribution < 1.29 is 9.26 Å². The van der Waals surface area contributed by atoms with E-state index in [-0.39, 0.29) is 18.0 Å². The van der Waals surface area contributed by atoms with Crippen molar-refractivity contribution in [2.75, 3.05) is 7.11 Å². The first-order valence-electron chi connectivity index (χ1n) is 9.82. The second-order valence-corrected chi connectivity index (χ2v) is 8.14. The van der Waals surface area contributed by atoms with Gasteiger partial charge >= 0.3 is 5.69 Å². The average Bonchev–Trinajstić information content (AvgIpc) is 3.47. The lowest BCUT2D eigenvalue weighted by Gasteiger charge is -2.11. The Hall–Kier alpha value is -3.98. The van der Waals surface area contributed by atoms with Crippen molar-refractivity contribution in [2.45, 2.75) is 13.5 Å². The monoisotopic (exact) mass is 446 g/mol. The third-order valence-electron chi connectivity index (χ3n) is 5.12. The van der Waals surface area contributed by atoms with Crippen LogP contribution in [0.3, 0.4) is 0 Å². The number of nitrogens with zero attached hydrogens (tertiary/aromatic N) is 4. The van der Waals surface area contributed by atoms with Gasteiger partial charge in [-0.25, -0.2) is 9.36 Å². The van der Waals surface area contributed by atoms with Crippen molar-refractivity contribution in [3.63, 3.8) is 0 Å². The largest absolute Gasteiger partial charge is 0.497 e. The summed E-state index contributed by atoms with van der Waals surface area (Å²) < 4.78 is 13.7. The molecule has 2 aromatic carbocycles. The molecular formula is C23H18N4O4S. The highest BCUT2D eigenvalue weighted by Gasteiger charge is 2.18. The Kier molecular flexibility index (Phi) is 4.95. The van der Waals surface area contributed by atoms with Gasteiger partial charge in [0.25, 0.3) is 5.56 Å². The first-order valence-corrected chi connectivity index (χ1v) is 10.7. The third kappa shape index (κ3) is 3.42. The zero-order valence-corrected chi connectivity index (χ0v) is 18.1. The Morgan fingerprint density at radius 2 is 1.91 bits per heavy atom. The Morgan fingerprint density at radius 3 is 2.66 bits per heavy atom. The minimum absolute atomic E-state index is 0.0430. The molecule has 0 aliphatic heterocycles. The predicted octanol–water partition coefficient (Wildman–Crippen LogP) is 3.63. The van der Waals surface area contributed by atoms with E-state index in [0.717, 1.165) is 15.7 Å². The highest BCUT2D eigenvalue weighted by molar-refractivity contribution is 7.17. The fourth-order valence-electron chi connectivity index (χ4n) is 3.55. The van der Waals surface area contributed by atoms with Gasteiger partial charge in [-0.2, -0.15) is 4.98 Å². The topological polar surface area (TPSA) is 92.2 Å². The van der Waals surface area contributed by atoms with Crippen LogP contribution in [0.5, 0.6) is 5.75 Å². The zero-order valence-electron chi connectivity index (χ0n) is 17.3. The summed E-state index contributed by atoms with van der Waals surface area (Å²) in [4.78, 5) is 30.9. The minimum atomic E-state index is -0.485. The molecule has 3 aromatic heterocycles. The number of methoxy groups -OCH3 is 1. The maximum atomic E-state index is 13.4. The van der Waals surface area contributed by atoms with Gasteiger partial charge in [0, 0.05) is 5.56 Å². The second-order valence-electron chi connectivity index (χ2n) is 7.22. The molecule has 0 aliphatic carbocycles. The molecule has 0 spiro atoms. The quantitative estimate of drug-likeness (QED) is 0.409. The number of hydrogen-bond acceptors (Lipinski definition) is 7. The smallest absolute Gasteiger partial charge is 0.336 e. The number of aryl methyl sites for hydroxylation is 1. The van der Waals surface area contributed by atoms with E-state index in [9.17, 15) is 9.59 Å². The minimum Gasteiger partial charge on any atom is -0.497 e. The molecule has 32 heavy (non-hydrogen) atoms. The van der Waals surface area contributed by atoms with Gasteiger partial charge in [0.15, 0.2) is 0 Å². The maximum absolute atomic E-state index is 13.4. The summed E-state index contributed by atoms with van der Waals surface area (Å²) in [6, 6.07) is 16.3. The van der Waals surface area contributed by atoms with Gasteiger partial charge in [0.05, 0.1) is 18.3 Å². The van der Waals surface area contributed by atoms with Crippen LogP contribution in [0, 0.1) is 6.92 Å². The van der Waals surface area contributed by atoms with Gasteiger partial charge in [-0.05, 0) is 48.7 Å². The lowest BCUT2D eigenvalue weighted by Crippen LogP contribution is -2.38. The summed E-state index contributed by atoms with van der Waals surface area (Å²) in [5, 5.41) is 5.84. The molecule has 0 amide bonds. The Morgan fingerprint density at radius 1 is 1.09 bits per heavy atom. The van der Waals surface area contributed by atoms with Crippen LogP contribution < -0.4 is 16.0 Å². The highest BCUT2D eigenvalue weighted by atomic mass is 32.1. The van der Waals surface area contributed by atoms with Crippen LogP contribution in [-0.4, -0.2) is 26.4 Å². The van der Waals surface area contributed by atoms with E-state index in [1.165, 1.54) is 15.9 Å². The van der Waals surface area contributed by atoms with Crippen LogP contribution in [0.25, 0.3) is 27.3 Å². The van der Waals surface area contributed by atoms with Crippen molar-refractivity contribution in [1.29, 1.82) is 0 Å². The summed E-state index contributed by atoms with van der Waals surface area (Å²) in [5.74, 6) is 1.35. The highest BCUT2D eigenvalue weighted by Crippen LogP contribution is 2.20. The zero-order chi connectivity index (χ0) is 22.2. The molecule has 0 atom stereocenters. The van der Waals surface area contributed by atoms with Crippen LogP contribution in [0.2, 0.25) is 0 Å². The van der Waals surface area contributed by atoms with Crippen molar-refractivity contribution in [2.24, 2.45) is 0 Å². The first kappa shape index (κ1) is 20.0. The number of benzene rings is 2. The molecular weight excluding hydrogens is 428 g/mol. The summed E-state index contributed by atoms with van der Waals surface area (Å²) in [6.07, 6.45) is 0. The molecule has 0 saturated heterocycles. The van der Waals surface area contributed by atoms with Crippen molar-refractivity contribution in [3.8, 4) is 22.8 Å². The molecule has 0 N–H and O–H groups in total. The SMILES string of the molecule is COc1ccc(-n2c(=O)c3sccc3n(Cc3nc(-c4cccc(C)c4)no3)c2=O)cc1. The number of thiophene rings is 1. The van der Waals surface area contributed by atoms with E-state index in [0.29, 0.717) is 27.5 Å². The number of hydrogen-bond donors (Lipinski definition) is 0. The molecule has 8 nitrogen and oxygen atoms in total. The van der Waals surface area contributed by atoms with Crippen molar-refractivity contribution in [1.82, 2.24) is 19.3 Å². The number of fused-ring (bicyclic) bond motifs is 1. The van der Waals surface area contributed by atoms with Gasteiger partial charge in [0.1, 0.15) is 17.0 Å². The van der Waals surface area contributed by atoms with E-state index in [1.54, 1.807) is 42.8 Å². The molecule has 0 unspecified atom stereocenters. The van der Waals surface area contributed by atoms with E-state index in [4.69, 9.17) is 9.26 Å². The average molecular weight is 446 g/mol. The van der Waals surface area contributed by atoms with Crippen molar-refractivity contribution >= 4 is 21.6 Å². The van der Waals surface area contributed by atoms with E-state index in [2.05, 4.69) is 10.1 Å². The number of aromatic nitrogens is 4. The fourth-order valence-corrected chi connectivity index (χ4v) is 4.38. The van der Waals surface area contributed by atoms with Crippen LogP contribution in [0.15, 0.2) is 74.1 Å². The van der Waals surface area contributed by atoms with Gasteiger partial charge in [-0.3, -0.25) is 9.36 Å². The molecule has 0 bridgehead atoms. The van der Waals surface area contributed by atoms with Crippen molar-refractivity contribution in [3.05, 3.63) is 92.3 Å². The Balaban J connectivity index is 1.61. The Bertz CT molecular complexity index is 1540. The van der Waals surface area contributed by atoms with Crippen LogP contribution >= 0.6 is 11.3 Å². The molecule has 3 heterocycles. The van der Waals surface area contributed by atoms with E-state index in [1.807, 2.05) is 31.2 Å². The first-order chi connectivity index (χ1) is 15.5. The summed E-state index contributed by atoms with van der Waals surface area (Å²) >= 11 is 1.28. The predicted molar refractivity (Wildman–Crippen MR) is 122 cm³/mol. The third-order valence-corrected chi connectivity index (χ3v) is 6.01. The summed E-state index contributed by atoms with van der Waals surface area (Å²) in [6.45, 7) is 2.03. The fraction of sp³-hybridized carbons (Fsp3) is 0.130. The Labute approximate surface area is 186 Å². The molecule has 5 aromatic rings. The summed E-state index contributed by atoms with van der Waals surface area (Å²) in [5.41, 5.74) is 2.04. The second kappa shape index (κ2) is 7.93. The molecule has 9 heteroatoms. The molecule has 160 valence electrons. The lowest BCUT2D eigenvalue weighted by atomic mass is 10.1. The lowest BCUT2D eigenvalue weighted by molar-refractivity contribution is 0.370. The van der Waals surface area contributed by atoms with Gasteiger partial charge < -0.3 is 9.26 Å². The van der Waals surface area contributed by atoms with Gasteiger partial charge in [0.2, 0.25) is 11.7 Å². The number of ether oxygens (including phenoxy) is 1. The number of rotatable bonds is 5. The molecule has 5 rings (SSSR count). The molecule has 0 fully saturated rings. The van der Waals surface area contributed by atoms with Gasteiger partial charge in [-0.1, -0.05) is 28.9 Å². The summed E-state index contributed by atoms with van der Waals surface area (Å²) in [7, 11) is 1.56. The standard InChI is InChI=1S/C23H18N4O4S/c1-14-4-3-5-15(12-14)21-24-19(31-25-21)13-26-18-10-11-32-20(18)22(28)27(23(26)29)16-6-8-17(30-2)9-7-16/h3-12H,13H2,1-2H3. The molecule has 0 radical (unpaired) electrons. The molecule has 0 aliphatic rings. The van der Waals surface area contributed by atoms with Crippen LogP contribution in [0.4, 0.5) is 0 Å². The maximum Gasteiger partial charge on any atom is 0.336 e. The molecule has 0 saturated carbocycles.